The zero-order chi connectivity index (χ0) is 10.2. The van der Waals surface area contributed by atoms with Gasteiger partial charge < -0.3 is 0 Å². The fourth-order valence-corrected chi connectivity index (χ4v) is 2.79. The Morgan fingerprint density at radius 1 is 1.14 bits per heavy atom. The van der Waals surface area contributed by atoms with Crippen LogP contribution in [0.2, 0.25) is 0 Å². The Balaban J connectivity index is 2.14. The van der Waals surface area contributed by atoms with Gasteiger partial charge in [-0.3, -0.25) is 0 Å². The SMILES string of the molecule is FC(F)(F)C1CCCC2[C]=CCCC21. The van der Waals surface area contributed by atoms with Gasteiger partial charge in [0.15, 0.2) is 0 Å². The van der Waals surface area contributed by atoms with Crippen LogP contribution in [0.25, 0.3) is 0 Å². The van der Waals surface area contributed by atoms with Gasteiger partial charge in [0, 0.05) is 0 Å². The number of rotatable bonds is 0. The monoisotopic (exact) mass is 203 g/mol. The Bertz CT molecular complexity index is 229. The summed E-state index contributed by atoms with van der Waals surface area (Å²) in [5.41, 5.74) is 0. The maximum absolute atomic E-state index is 12.7. The quantitative estimate of drug-likeness (QED) is 0.562. The van der Waals surface area contributed by atoms with E-state index in [1.54, 1.807) is 0 Å². The first-order chi connectivity index (χ1) is 6.59. The van der Waals surface area contributed by atoms with Crippen LogP contribution in [0.4, 0.5) is 13.2 Å². The van der Waals surface area contributed by atoms with Crippen LogP contribution < -0.4 is 0 Å². The molecule has 0 heterocycles. The molecule has 2 rings (SSSR count). The molecule has 0 aliphatic heterocycles. The molecular weight excluding hydrogens is 189 g/mol. The van der Waals surface area contributed by atoms with Crippen LogP contribution in [0.3, 0.4) is 0 Å². The van der Waals surface area contributed by atoms with Crippen LogP contribution in [0.1, 0.15) is 32.1 Å². The van der Waals surface area contributed by atoms with E-state index >= 15 is 0 Å². The van der Waals surface area contributed by atoms with E-state index in [-0.39, 0.29) is 11.8 Å². The molecule has 0 aromatic carbocycles. The van der Waals surface area contributed by atoms with Crippen LogP contribution in [0.5, 0.6) is 0 Å². The van der Waals surface area contributed by atoms with Gasteiger partial charge in [-0.05, 0) is 43.6 Å². The van der Waals surface area contributed by atoms with E-state index in [0.29, 0.717) is 19.3 Å². The molecule has 79 valence electrons. The molecule has 0 nitrogen and oxygen atoms in total. The molecule has 1 fully saturated rings. The van der Waals surface area contributed by atoms with Crippen LogP contribution in [-0.2, 0) is 0 Å². The lowest BCUT2D eigenvalue weighted by molar-refractivity contribution is -0.201. The van der Waals surface area contributed by atoms with Crippen LogP contribution in [-0.4, -0.2) is 6.18 Å². The van der Waals surface area contributed by atoms with Crippen molar-refractivity contribution in [3.8, 4) is 0 Å². The van der Waals surface area contributed by atoms with Crippen molar-refractivity contribution in [1.29, 1.82) is 0 Å². The molecule has 3 atom stereocenters. The molecular formula is C11H14F3. The number of alkyl halides is 3. The number of hydrogen-bond acceptors (Lipinski definition) is 0. The first-order valence-electron chi connectivity index (χ1n) is 5.23. The number of halogens is 3. The van der Waals surface area contributed by atoms with Crippen LogP contribution >= 0.6 is 0 Å². The highest BCUT2D eigenvalue weighted by Crippen LogP contribution is 2.47. The van der Waals surface area contributed by atoms with Gasteiger partial charge in [-0.25, -0.2) is 0 Å². The van der Waals surface area contributed by atoms with Crippen LogP contribution in [0.15, 0.2) is 6.08 Å². The Hall–Kier alpha value is -0.470. The van der Waals surface area contributed by atoms with E-state index in [1.807, 2.05) is 6.08 Å². The summed E-state index contributed by atoms with van der Waals surface area (Å²) in [5.74, 6) is -1.18. The highest BCUT2D eigenvalue weighted by Gasteiger charge is 2.48. The van der Waals surface area contributed by atoms with Gasteiger partial charge in [0.1, 0.15) is 0 Å². The second kappa shape index (κ2) is 3.59. The molecule has 0 bridgehead atoms. The van der Waals surface area contributed by atoms with Crippen molar-refractivity contribution < 1.29 is 13.2 Å². The zero-order valence-corrected chi connectivity index (χ0v) is 7.98. The lowest BCUT2D eigenvalue weighted by Crippen LogP contribution is -2.38. The Morgan fingerprint density at radius 2 is 1.93 bits per heavy atom. The Morgan fingerprint density at radius 3 is 2.64 bits per heavy atom. The Labute approximate surface area is 82.2 Å². The fourth-order valence-electron chi connectivity index (χ4n) is 2.79. The standard InChI is InChI=1S/C11H14F3/c12-11(13,14)10-7-3-5-8-4-1-2-6-9(8)10/h1,8-10H,2-3,5-7H2. The van der Waals surface area contributed by atoms with E-state index in [4.69, 9.17) is 0 Å². The predicted molar refractivity (Wildman–Crippen MR) is 47.4 cm³/mol. The summed E-state index contributed by atoms with van der Waals surface area (Å²) in [5, 5.41) is 0. The lowest BCUT2D eigenvalue weighted by Gasteiger charge is -2.39. The number of fused-ring (bicyclic) bond motifs is 1. The molecule has 3 unspecified atom stereocenters. The van der Waals surface area contributed by atoms with Crippen molar-refractivity contribution in [2.75, 3.05) is 0 Å². The molecule has 2 aliphatic rings. The highest BCUT2D eigenvalue weighted by atomic mass is 19.4. The van der Waals surface area contributed by atoms with Gasteiger partial charge >= 0.3 is 6.18 Å². The second-order valence-electron chi connectivity index (χ2n) is 4.30. The van der Waals surface area contributed by atoms with Crippen molar-refractivity contribution >= 4 is 0 Å². The van der Waals surface area contributed by atoms with Gasteiger partial charge in [-0.15, -0.1) is 0 Å². The molecule has 0 amide bonds. The maximum Gasteiger partial charge on any atom is 0.392 e. The van der Waals surface area contributed by atoms with Crippen LogP contribution in [0, 0.1) is 23.8 Å². The zero-order valence-electron chi connectivity index (χ0n) is 7.98. The van der Waals surface area contributed by atoms with Crippen molar-refractivity contribution in [2.24, 2.45) is 17.8 Å². The molecule has 14 heavy (non-hydrogen) atoms. The summed E-state index contributed by atoms with van der Waals surface area (Å²) < 4.78 is 38.0. The summed E-state index contributed by atoms with van der Waals surface area (Å²) in [6.07, 6.45) is 4.41. The summed E-state index contributed by atoms with van der Waals surface area (Å²) in [6, 6.07) is 0. The minimum Gasteiger partial charge on any atom is -0.171 e. The molecule has 0 spiro atoms. The largest absolute Gasteiger partial charge is 0.392 e. The van der Waals surface area contributed by atoms with Crippen molar-refractivity contribution in [3.63, 3.8) is 0 Å². The number of hydrogen-bond donors (Lipinski definition) is 0. The maximum atomic E-state index is 12.7. The first-order valence-corrected chi connectivity index (χ1v) is 5.23. The van der Waals surface area contributed by atoms with Gasteiger partial charge in [-0.1, -0.05) is 12.5 Å². The van der Waals surface area contributed by atoms with E-state index in [1.165, 1.54) is 0 Å². The molecule has 1 saturated carbocycles. The molecule has 0 N–H and O–H groups in total. The third kappa shape index (κ3) is 1.82. The van der Waals surface area contributed by atoms with E-state index in [0.717, 1.165) is 12.8 Å². The first kappa shape index (κ1) is 10.1. The van der Waals surface area contributed by atoms with Crippen molar-refractivity contribution in [3.05, 3.63) is 12.2 Å². The van der Waals surface area contributed by atoms with Gasteiger partial charge in [-0.2, -0.15) is 13.2 Å². The van der Waals surface area contributed by atoms with Gasteiger partial charge in [0.05, 0.1) is 5.92 Å². The normalized spacial score (nSPS) is 38.1. The average molecular weight is 203 g/mol. The minimum absolute atomic E-state index is 0.0733. The minimum atomic E-state index is -4.00. The van der Waals surface area contributed by atoms with E-state index < -0.39 is 12.1 Å². The molecule has 0 saturated heterocycles. The molecule has 0 aromatic heterocycles. The van der Waals surface area contributed by atoms with Crippen molar-refractivity contribution in [1.82, 2.24) is 0 Å². The molecule has 0 aromatic rings. The molecule has 1 radical (unpaired) electrons. The van der Waals surface area contributed by atoms with E-state index in [2.05, 4.69) is 6.08 Å². The predicted octanol–water partition coefficient (Wildman–Crippen LogP) is 3.73. The molecule has 2 aliphatic carbocycles. The summed E-state index contributed by atoms with van der Waals surface area (Å²) in [6.45, 7) is 0. The highest BCUT2D eigenvalue weighted by molar-refractivity contribution is 4.97. The summed E-state index contributed by atoms with van der Waals surface area (Å²) in [7, 11) is 0. The van der Waals surface area contributed by atoms with Gasteiger partial charge in [0.2, 0.25) is 0 Å². The van der Waals surface area contributed by atoms with Crippen molar-refractivity contribution in [2.45, 2.75) is 38.3 Å². The number of allylic oxidation sites excluding steroid dienone is 2. The third-order valence-corrected chi connectivity index (χ3v) is 3.46. The summed E-state index contributed by atoms with van der Waals surface area (Å²) in [4.78, 5) is 0. The Kier molecular flexibility index (Phi) is 2.58. The smallest absolute Gasteiger partial charge is 0.171 e. The van der Waals surface area contributed by atoms with Gasteiger partial charge in [0.25, 0.3) is 0 Å². The average Bonchev–Trinajstić information content (AvgIpc) is 2.15. The second-order valence-corrected chi connectivity index (χ2v) is 4.30. The lowest BCUT2D eigenvalue weighted by atomic mass is 9.68. The fraction of sp³-hybridized carbons (Fsp3) is 0.818. The topological polar surface area (TPSA) is 0 Å². The van der Waals surface area contributed by atoms with E-state index in [9.17, 15) is 13.2 Å². The molecule has 3 heteroatoms. The third-order valence-electron chi connectivity index (χ3n) is 3.46. The summed E-state index contributed by atoms with van der Waals surface area (Å²) >= 11 is 0.